The van der Waals surface area contributed by atoms with Crippen LogP contribution >= 0.6 is 11.8 Å². The summed E-state index contributed by atoms with van der Waals surface area (Å²) in [7, 11) is 4.31. The number of ether oxygens (including phenoxy) is 4. The first kappa shape index (κ1) is 29.7. The molecular weight excluding hydrogens is 584 g/mol. The van der Waals surface area contributed by atoms with Crippen LogP contribution in [0, 0.1) is 0 Å². The van der Waals surface area contributed by atoms with E-state index in [-0.39, 0.29) is 41.5 Å². The number of amides is 2. The Kier molecular flexibility index (Phi) is 8.43. The molecule has 0 saturated carbocycles. The van der Waals surface area contributed by atoms with Crippen LogP contribution in [-0.4, -0.2) is 92.5 Å². The summed E-state index contributed by atoms with van der Waals surface area (Å²) in [6.45, 7) is -0.369. The molecule has 2 atom stereocenters. The van der Waals surface area contributed by atoms with E-state index in [4.69, 9.17) is 18.9 Å². The number of carboxylic acids is 1. The summed E-state index contributed by atoms with van der Waals surface area (Å²) in [6.07, 6.45) is -1.20. The maximum absolute atomic E-state index is 13.7. The van der Waals surface area contributed by atoms with E-state index in [1.54, 1.807) is 31.3 Å². The fraction of sp³-hybridized carbons (Fsp3) is 0.296. The second-order valence-corrected chi connectivity index (χ2v) is 10.3. The molecule has 0 bridgehead atoms. The van der Waals surface area contributed by atoms with Crippen molar-refractivity contribution in [2.45, 2.75) is 23.7 Å². The van der Waals surface area contributed by atoms with E-state index < -0.39 is 35.7 Å². The molecule has 3 aromatic rings. The van der Waals surface area contributed by atoms with Crippen LogP contribution in [0.3, 0.4) is 0 Å². The SMILES string of the molecule is COc1ccccc1C(=O)N[C@]1(OC)C(=O)N2C(C(=O)OCc3cccc(C(=O)O)c3)=C(CSc3nnnn3C)COC21. The average molecular weight is 611 g/mol. The number of hydrogen-bond acceptors (Lipinski definition) is 12. The Hall–Kier alpha value is -4.80. The van der Waals surface area contributed by atoms with Crippen LogP contribution in [0.5, 0.6) is 5.75 Å². The number of fused-ring (bicyclic) bond motifs is 1. The molecule has 0 radical (unpaired) electrons. The minimum atomic E-state index is -1.94. The molecule has 2 aromatic carbocycles. The summed E-state index contributed by atoms with van der Waals surface area (Å²) < 4.78 is 23.8. The Bertz CT molecular complexity index is 1630. The first-order valence-electron chi connectivity index (χ1n) is 12.7. The van der Waals surface area contributed by atoms with Gasteiger partial charge < -0.3 is 29.4 Å². The second kappa shape index (κ2) is 12.2. The number of thioether (sulfide) groups is 1. The third-order valence-corrected chi connectivity index (χ3v) is 7.87. The van der Waals surface area contributed by atoms with Crippen molar-refractivity contribution in [3.05, 3.63) is 76.5 Å². The predicted octanol–water partition coefficient (Wildman–Crippen LogP) is 0.978. The topological polar surface area (TPSA) is 184 Å². The summed E-state index contributed by atoms with van der Waals surface area (Å²) in [6, 6.07) is 12.4. The van der Waals surface area contributed by atoms with Gasteiger partial charge in [-0.1, -0.05) is 36.0 Å². The molecule has 1 saturated heterocycles. The standard InChI is InChI=1S/C27H26N6O9S/c1-32-26(29-30-31-32)43-14-17-13-42-25-27(40-3,28-21(34)18-9-4-5-10-19(18)39-2)24(38)33(25)20(17)23(37)41-12-15-7-6-8-16(11-15)22(35)36/h4-11,25H,12-14H2,1-3H3,(H,28,34)(H,35,36)/t25?,27-/m0/s1. The number of methoxy groups -OCH3 is 2. The van der Waals surface area contributed by atoms with Crippen LogP contribution in [0.2, 0.25) is 0 Å². The molecule has 1 aromatic heterocycles. The van der Waals surface area contributed by atoms with Crippen molar-refractivity contribution in [3.63, 3.8) is 0 Å². The van der Waals surface area contributed by atoms with Gasteiger partial charge in [0.2, 0.25) is 5.16 Å². The van der Waals surface area contributed by atoms with Gasteiger partial charge in [-0.25, -0.2) is 14.3 Å². The molecule has 3 heterocycles. The number of carbonyl (C=O) groups is 4. The third kappa shape index (κ3) is 5.54. The van der Waals surface area contributed by atoms with Gasteiger partial charge in [0.05, 0.1) is 24.8 Å². The number of aromatic nitrogens is 4. The highest BCUT2D eigenvalue weighted by Gasteiger charge is 2.67. The zero-order valence-electron chi connectivity index (χ0n) is 23.2. The fourth-order valence-electron chi connectivity index (χ4n) is 4.62. The molecule has 0 spiro atoms. The number of tetrazole rings is 1. The van der Waals surface area contributed by atoms with Gasteiger partial charge >= 0.3 is 11.9 Å². The monoisotopic (exact) mass is 610 g/mol. The minimum absolute atomic E-state index is 0.0295. The number of hydrogen-bond donors (Lipinski definition) is 2. The number of nitrogens with zero attached hydrogens (tertiary/aromatic N) is 5. The lowest BCUT2D eigenvalue weighted by molar-refractivity contribution is -0.256. The van der Waals surface area contributed by atoms with E-state index in [2.05, 4.69) is 20.8 Å². The molecule has 0 aliphatic carbocycles. The number of carbonyl (C=O) groups excluding carboxylic acids is 3. The Labute approximate surface area is 248 Å². The summed E-state index contributed by atoms with van der Waals surface area (Å²) in [5, 5.41) is 23.7. The van der Waals surface area contributed by atoms with Crippen molar-refractivity contribution in [2.24, 2.45) is 7.05 Å². The largest absolute Gasteiger partial charge is 0.496 e. The molecule has 15 nitrogen and oxygen atoms in total. The molecule has 2 amide bonds. The molecular formula is C27H26N6O9S. The molecule has 1 unspecified atom stereocenters. The predicted molar refractivity (Wildman–Crippen MR) is 147 cm³/mol. The van der Waals surface area contributed by atoms with Gasteiger partial charge in [0.1, 0.15) is 18.1 Å². The van der Waals surface area contributed by atoms with Crippen molar-refractivity contribution in [1.29, 1.82) is 0 Å². The van der Waals surface area contributed by atoms with Crippen molar-refractivity contribution < 1.29 is 43.2 Å². The molecule has 1 fully saturated rings. The normalized spacial score (nSPS) is 19.4. The minimum Gasteiger partial charge on any atom is -0.496 e. The van der Waals surface area contributed by atoms with Gasteiger partial charge in [-0.15, -0.1) is 5.10 Å². The molecule has 2 aliphatic rings. The highest BCUT2D eigenvalue weighted by molar-refractivity contribution is 7.99. The first-order chi connectivity index (χ1) is 20.7. The molecule has 2 N–H and O–H groups in total. The number of aryl methyl sites for hydroxylation is 1. The van der Waals surface area contributed by atoms with Gasteiger partial charge in [0, 0.05) is 19.9 Å². The van der Waals surface area contributed by atoms with E-state index in [1.807, 2.05) is 0 Å². The van der Waals surface area contributed by atoms with E-state index >= 15 is 0 Å². The van der Waals surface area contributed by atoms with Crippen LogP contribution in [0.1, 0.15) is 26.3 Å². The van der Waals surface area contributed by atoms with Crippen LogP contribution in [-0.2, 0) is 37.5 Å². The zero-order chi connectivity index (χ0) is 30.7. The van der Waals surface area contributed by atoms with Gasteiger partial charge in [-0.3, -0.25) is 14.5 Å². The lowest BCUT2D eigenvalue weighted by Gasteiger charge is -2.55. The summed E-state index contributed by atoms with van der Waals surface area (Å²) in [4.78, 5) is 52.9. The number of esters is 1. The number of nitrogens with one attached hydrogen (secondary N) is 1. The van der Waals surface area contributed by atoms with E-state index in [0.29, 0.717) is 16.3 Å². The van der Waals surface area contributed by atoms with Gasteiger partial charge in [0.15, 0.2) is 6.23 Å². The van der Waals surface area contributed by atoms with Gasteiger partial charge in [0.25, 0.3) is 17.5 Å². The van der Waals surface area contributed by atoms with Crippen molar-refractivity contribution in [3.8, 4) is 5.75 Å². The summed E-state index contributed by atoms with van der Waals surface area (Å²) in [5.74, 6) is -2.94. The maximum Gasteiger partial charge on any atom is 0.355 e. The Morgan fingerprint density at radius 1 is 1.19 bits per heavy atom. The zero-order valence-corrected chi connectivity index (χ0v) is 24.0. The van der Waals surface area contributed by atoms with Crippen LogP contribution in [0.4, 0.5) is 0 Å². The Morgan fingerprint density at radius 3 is 2.67 bits per heavy atom. The number of β-lactam (4-membered cyclic amide) rings is 1. The number of benzene rings is 2. The third-order valence-electron chi connectivity index (χ3n) is 6.78. The van der Waals surface area contributed by atoms with Crippen molar-refractivity contribution in [1.82, 2.24) is 30.4 Å². The fourth-order valence-corrected chi connectivity index (χ4v) is 5.46. The highest BCUT2D eigenvalue weighted by atomic mass is 32.2. The lowest BCUT2D eigenvalue weighted by Crippen LogP contribution is -2.82. The van der Waals surface area contributed by atoms with E-state index in [0.717, 1.165) is 4.90 Å². The van der Waals surface area contributed by atoms with Crippen LogP contribution in [0.15, 0.2) is 65.0 Å². The van der Waals surface area contributed by atoms with Crippen molar-refractivity contribution >= 4 is 35.5 Å². The number of aromatic carboxylic acids is 1. The molecule has 224 valence electrons. The van der Waals surface area contributed by atoms with E-state index in [9.17, 15) is 24.3 Å². The average Bonchev–Trinajstić information content (AvgIpc) is 3.44. The lowest BCUT2D eigenvalue weighted by atomic mass is 9.94. The molecule has 2 aliphatic heterocycles. The van der Waals surface area contributed by atoms with Gasteiger partial charge in [-0.05, 0) is 45.8 Å². The smallest absolute Gasteiger partial charge is 0.355 e. The van der Waals surface area contributed by atoms with Gasteiger partial charge in [-0.2, -0.15) is 0 Å². The maximum atomic E-state index is 13.7. The first-order valence-corrected chi connectivity index (χ1v) is 13.7. The summed E-state index contributed by atoms with van der Waals surface area (Å²) >= 11 is 1.21. The van der Waals surface area contributed by atoms with Crippen LogP contribution in [0.25, 0.3) is 0 Å². The molecule has 43 heavy (non-hydrogen) atoms. The summed E-state index contributed by atoms with van der Waals surface area (Å²) in [5.41, 5.74) is -0.992. The molecule has 16 heteroatoms. The number of para-hydroxylation sites is 1. The number of carboxylic acid groups (broad SMARTS) is 1. The van der Waals surface area contributed by atoms with Crippen molar-refractivity contribution in [2.75, 3.05) is 26.6 Å². The molecule has 5 rings (SSSR count). The Morgan fingerprint density at radius 2 is 1.98 bits per heavy atom. The quantitative estimate of drug-likeness (QED) is 0.136. The second-order valence-electron chi connectivity index (χ2n) is 9.34. The highest BCUT2D eigenvalue weighted by Crippen LogP contribution is 2.42. The van der Waals surface area contributed by atoms with Crippen LogP contribution < -0.4 is 10.1 Å². The van der Waals surface area contributed by atoms with E-state index in [1.165, 1.54) is 54.9 Å². The number of rotatable bonds is 11. The Balaban J connectivity index is 1.42.